The Morgan fingerprint density at radius 1 is 1.00 bits per heavy atom. The van der Waals surface area contributed by atoms with Crippen molar-refractivity contribution in [1.29, 1.82) is 0 Å². The summed E-state index contributed by atoms with van der Waals surface area (Å²) in [7, 11) is -3.44. The zero-order valence-corrected chi connectivity index (χ0v) is 13.3. The Kier molecular flexibility index (Phi) is 4.45. The number of sulfonamides is 1. The number of benzene rings is 2. The van der Waals surface area contributed by atoms with Gasteiger partial charge in [0.05, 0.1) is 5.75 Å². The van der Waals surface area contributed by atoms with Gasteiger partial charge in [-0.15, -0.1) is 0 Å². The molecule has 1 aromatic heterocycles. The number of hydrogen-bond donors (Lipinski definition) is 1. The Morgan fingerprint density at radius 2 is 1.74 bits per heavy atom. The van der Waals surface area contributed by atoms with Gasteiger partial charge in [0.1, 0.15) is 5.82 Å². The Bertz CT molecular complexity index is 902. The zero-order valence-electron chi connectivity index (χ0n) is 12.4. The first-order chi connectivity index (χ1) is 11.0. The average Bonchev–Trinajstić information content (AvgIpc) is 2.93. The summed E-state index contributed by atoms with van der Waals surface area (Å²) in [5, 5.41) is 1.13. The molecule has 0 saturated carbocycles. The van der Waals surface area contributed by atoms with Crippen LogP contribution in [0.4, 0.5) is 4.39 Å². The second-order valence-electron chi connectivity index (χ2n) is 5.35. The van der Waals surface area contributed by atoms with E-state index >= 15 is 0 Å². The lowest BCUT2D eigenvalue weighted by atomic mass is 10.2. The number of nitrogens with one attached hydrogen (secondary N) is 1. The van der Waals surface area contributed by atoms with Crippen molar-refractivity contribution >= 4 is 20.9 Å². The van der Waals surface area contributed by atoms with Crippen LogP contribution in [0.3, 0.4) is 0 Å². The normalized spacial score (nSPS) is 11.9. The molecule has 4 nitrogen and oxygen atoms in total. The largest absolute Gasteiger partial charge is 0.346 e. The summed E-state index contributed by atoms with van der Waals surface area (Å²) in [5.74, 6) is -0.529. The van der Waals surface area contributed by atoms with Crippen LogP contribution in [0, 0.1) is 5.82 Å². The molecule has 0 aliphatic heterocycles. The quantitative estimate of drug-likeness (QED) is 0.754. The molecule has 2 aromatic carbocycles. The monoisotopic (exact) mass is 332 g/mol. The second-order valence-corrected chi connectivity index (χ2v) is 7.15. The third kappa shape index (κ3) is 3.97. The van der Waals surface area contributed by atoms with E-state index in [-0.39, 0.29) is 11.6 Å². The van der Waals surface area contributed by atoms with Gasteiger partial charge in [-0.2, -0.15) is 0 Å². The van der Waals surface area contributed by atoms with E-state index in [1.807, 2.05) is 41.1 Å². The molecular weight excluding hydrogens is 315 g/mol. The van der Waals surface area contributed by atoms with Gasteiger partial charge in [0.25, 0.3) is 0 Å². The van der Waals surface area contributed by atoms with Gasteiger partial charge in [0, 0.05) is 24.8 Å². The molecule has 0 aliphatic rings. The minimum atomic E-state index is -3.44. The topological polar surface area (TPSA) is 51.1 Å². The van der Waals surface area contributed by atoms with Crippen molar-refractivity contribution in [3.63, 3.8) is 0 Å². The molecule has 3 rings (SSSR count). The molecule has 3 aromatic rings. The fourth-order valence-corrected chi connectivity index (χ4v) is 3.64. The predicted molar refractivity (Wildman–Crippen MR) is 89.0 cm³/mol. The highest BCUT2D eigenvalue weighted by Crippen LogP contribution is 2.14. The van der Waals surface area contributed by atoms with Gasteiger partial charge < -0.3 is 4.57 Å². The van der Waals surface area contributed by atoms with E-state index in [0.717, 1.165) is 10.9 Å². The number of para-hydroxylation sites is 1. The Morgan fingerprint density at radius 3 is 2.52 bits per heavy atom. The van der Waals surface area contributed by atoms with Crippen LogP contribution in [0.25, 0.3) is 10.9 Å². The summed E-state index contributed by atoms with van der Waals surface area (Å²) in [5.41, 5.74) is 1.63. The van der Waals surface area contributed by atoms with Crippen molar-refractivity contribution in [1.82, 2.24) is 9.29 Å². The van der Waals surface area contributed by atoms with Crippen LogP contribution < -0.4 is 4.72 Å². The highest BCUT2D eigenvalue weighted by molar-refractivity contribution is 7.88. The lowest BCUT2D eigenvalue weighted by Gasteiger charge is -2.09. The molecule has 0 saturated heterocycles. The van der Waals surface area contributed by atoms with Crippen molar-refractivity contribution in [2.45, 2.75) is 12.3 Å². The van der Waals surface area contributed by atoms with Gasteiger partial charge in [-0.1, -0.05) is 30.3 Å². The summed E-state index contributed by atoms with van der Waals surface area (Å²) in [6.45, 7) is 0.859. The highest BCUT2D eigenvalue weighted by atomic mass is 32.2. The third-order valence-electron chi connectivity index (χ3n) is 3.62. The molecule has 0 atom stereocenters. The van der Waals surface area contributed by atoms with Gasteiger partial charge in [-0.3, -0.25) is 0 Å². The molecular formula is C17H17FN2O2S. The summed E-state index contributed by atoms with van der Waals surface area (Å²) in [6, 6.07) is 15.4. The van der Waals surface area contributed by atoms with Gasteiger partial charge in [-0.25, -0.2) is 17.5 Å². The lowest BCUT2D eigenvalue weighted by Crippen LogP contribution is -2.28. The molecule has 0 bridgehead atoms. The van der Waals surface area contributed by atoms with Crippen molar-refractivity contribution in [3.8, 4) is 0 Å². The Balaban J connectivity index is 1.60. The van der Waals surface area contributed by atoms with Crippen LogP contribution in [0.2, 0.25) is 0 Å². The fraction of sp³-hybridized carbons (Fsp3) is 0.176. The number of halogens is 1. The summed E-state index contributed by atoms with van der Waals surface area (Å²) < 4.78 is 41.6. The summed E-state index contributed by atoms with van der Waals surface area (Å²) in [6.07, 6.45) is 1.94. The van der Waals surface area contributed by atoms with Gasteiger partial charge in [0.2, 0.25) is 10.0 Å². The molecule has 6 heteroatoms. The van der Waals surface area contributed by atoms with Crippen molar-refractivity contribution in [2.75, 3.05) is 6.54 Å². The molecule has 0 aliphatic carbocycles. The molecule has 0 radical (unpaired) electrons. The number of aromatic nitrogens is 1. The molecule has 0 unspecified atom stereocenters. The smallest absolute Gasteiger partial charge is 0.215 e. The maximum absolute atomic E-state index is 12.8. The first-order valence-corrected chi connectivity index (χ1v) is 8.94. The van der Waals surface area contributed by atoms with E-state index in [9.17, 15) is 12.8 Å². The second kappa shape index (κ2) is 6.52. The average molecular weight is 332 g/mol. The summed E-state index contributed by atoms with van der Waals surface area (Å²) >= 11 is 0. The van der Waals surface area contributed by atoms with Crippen LogP contribution >= 0.6 is 0 Å². The van der Waals surface area contributed by atoms with Gasteiger partial charge in [-0.05, 0) is 35.2 Å². The molecule has 0 fully saturated rings. The molecule has 1 N–H and O–H groups in total. The van der Waals surface area contributed by atoms with Crippen molar-refractivity contribution in [2.24, 2.45) is 0 Å². The molecule has 120 valence electrons. The van der Waals surface area contributed by atoms with Crippen LogP contribution in [-0.4, -0.2) is 19.5 Å². The molecule has 0 amide bonds. The maximum atomic E-state index is 12.8. The first-order valence-electron chi connectivity index (χ1n) is 7.29. The van der Waals surface area contributed by atoms with Crippen molar-refractivity contribution in [3.05, 3.63) is 72.2 Å². The Hall–Kier alpha value is -2.18. The number of hydrogen-bond acceptors (Lipinski definition) is 2. The van der Waals surface area contributed by atoms with E-state index in [2.05, 4.69) is 4.72 Å². The standard InChI is InChI=1S/C17H17FN2O2S/c18-16-7-5-14(6-8-16)13-23(21,22)19-10-12-20-11-9-15-3-1-2-4-17(15)20/h1-9,11,19H,10,12-13H2. The maximum Gasteiger partial charge on any atom is 0.215 e. The minimum absolute atomic E-state index is 0.153. The molecule has 23 heavy (non-hydrogen) atoms. The van der Waals surface area contributed by atoms with E-state index in [1.54, 1.807) is 0 Å². The molecule has 0 spiro atoms. The minimum Gasteiger partial charge on any atom is -0.346 e. The van der Waals surface area contributed by atoms with Crippen LogP contribution in [0.1, 0.15) is 5.56 Å². The summed E-state index contributed by atoms with van der Waals surface area (Å²) in [4.78, 5) is 0. The number of fused-ring (bicyclic) bond motifs is 1. The van der Waals surface area contributed by atoms with Crippen molar-refractivity contribution < 1.29 is 12.8 Å². The number of nitrogens with zero attached hydrogens (tertiary/aromatic N) is 1. The lowest BCUT2D eigenvalue weighted by molar-refractivity contribution is 0.573. The Labute approximate surface area is 134 Å². The SMILES string of the molecule is O=S(=O)(Cc1ccc(F)cc1)NCCn1ccc2ccccc21. The number of rotatable bonds is 6. The van der Waals surface area contributed by atoms with E-state index in [4.69, 9.17) is 0 Å². The zero-order chi connectivity index (χ0) is 16.3. The first kappa shape index (κ1) is 15.7. The molecule has 1 heterocycles. The van der Waals surface area contributed by atoms with Crippen LogP contribution in [-0.2, 0) is 22.3 Å². The highest BCUT2D eigenvalue weighted by Gasteiger charge is 2.11. The van der Waals surface area contributed by atoms with Gasteiger partial charge >= 0.3 is 0 Å². The van der Waals surface area contributed by atoms with E-state index < -0.39 is 10.0 Å². The third-order valence-corrected chi connectivity index (χ3v) is 4.98. The fourth-order valence-electron chi connectivity index (χ4n) is 2.51. The van der Waals surface area contributed by atoms with Gasteiger partial charge in [0.15, 0.2) is 0 Å². The predicted octanol–water partition coefficient (Wildman–Crippen LogP) is 2.90. The van der Waals surface area contributed by atoms with Crippen LogP contribution in [0.5, 0.6) is 0 Å². The van der Waals surface area contributed by atoms with E-state index in [1.165, 1.54) is 24.3 Å². The van der Waals surface area contributed by atoms with E-state index in [0.29, 0.717) is 18.7 Å². The van der Waals surface area contributed by atoms with Crippen LogP contribution in [0.15, 0.2) is 60.8 Å².